The summed E-state index contributed by atoms with van der Waals surface area (Å²) in [7, 11) is 3.18. The SMILES string of the molecule is CNC(=S)N/N=C/c1ccc(OC(=O)c2ccc(Cl)cc2)c(OC)c1. The number of methoxy groups -OCH3 is 1. The van der Waals surface area contributed by atoms with E-state index in [0.29, 0.717) is 27.2 Å². The third kappa shape index (κ3) is 5.44. The van der Waals surface area contributed by atoms with Crippen LogP contribution in [0.5, 0.6) is 11.5 Å². The second kappa shape index (κ2) is 9.00. The molecule has 2 N–H and O–H groups in total. The molecule has 0 saturated carbocycles. The highest BCUT2D eigenvalue weighted by molar-refractivity contribution is 7.80. The van der Waals surface area contributed by atoms with E-state index in [1.165, 1.54) is 7.11 Å². The molecule has 2 aromatic rings. The van der Waals surface area contributed by atoms with Crippen LogP contribution in [0.3, 0.4) is 0 Å². The van der Waals surface area contributed by atoms with Crippen molar-refractivity contribution in [1.29, 1.82) is 0 Å². The third-order valence-electron chi connectivity index (χ3n) is 3.08. The van der Waals surface area contributed by atoms with Gasteiger partial charge in [0, 0.05) is 12.1 Å². The molecule has 130 valence electrons. The van der Waals surface area contributed by atoms with E-state index in [0.717, 1.165) is 5.56 Å². The summed E-state index contributed by atoms with van der Waals surface area (Å²) in [6.07, 6.45) is 1.57. The van der Waals surface area contributed by atoms with Gasteiger partial charge in [-0.15, -0.1) is 0 Å². The number of carbonyl (C=O) groups is 1. The summed E-state index contributed by atoms with van der Waals surface area (Å²) in [5.41, 5.74) is 3.78. The lowest BCUT2D eigenvalue weighted by atomic mass is 10.2. The molecule has 0 bridgehead atoms. The molecule has 2 aromatic carbocycles. The van der Waals surface area contributed by atoms with Gasteiger partial charge >= 0.3 is 5.97 Å². The number of esters is 1. The molecule has 25 heavy (non-hydrogen) atoms. The Morgan fingerprint density at radius 1 is 1.20 bits per heavy atom. The molecule has 0 aromatic heterocycles. The van der Waals surface area contributed by atoms with E-state index in [1.807, 2.05) is 0 Å². The minimum absolute atomic E-state index is 0.304. The van der Waals surface area contributed by atoms with Crippen molar-refractivity contribution in [2.24, 2.45) is 5.10 Å². The molecule has 0 fully saturated rings. The summed E-state index contributed by atoms with van der Waals surface area (Å²) in [5.74, 6) is 0.207. The van der Waals surface area contributed by atoms with Crippen molar-refractivity contribution >= 4 is 41.1 Å². The first kappa shape index (κ1) is 18.7. The first-order valence-corrected chi connectivity index (χ1v) is 7.98. The molecule has 0 radical (unpaired) electrons. The average Bonchev–Trinajstić information content (AvgIpc) is 2.63. The maximum absolute atomic E-state index is 12.2. The van der Waals surface area contributed by atoms with Crippen LogP contribution < -0.4 is 20.2 Å². The van der Waals surface area contributed by atoms with Gasteiger partial charge in [-0.2, -0.15) is 5.10 Å². The Kier molecular flexibility index (Phi) is 6.73. The van der Waals surface area contributed by atoms with Crippen molar-refractivity contribution in [2.75, 3.05) is 14.2 Å². The topological polar surface area (TPSA) is 72.0 Å². The number of hydrogen-bond acceptors (Lipinski definition) is 5. The Morgan fingerprint density at radius 3 is 2.56 bits per heavy atom. The van der Waals surface area contributed by atoms with E-state index in [-0.39, 0.29) is 0 Å². The van der Waals surface area contributed by atoms with E-state index in [4.69, 9.17) is 33.3 Å². The molecule has 0 spiro atoms. The summed E-state index contributed by atoms with van der Waals surface area (Å²) < 4.78 is 10.7. The Balaban J connectivity index is 2.12. The zero-order chi connectivity index (χ0) is 18.2. The highest BCUT2D eigenvalue weighted by atomic mass is 35.5. The van der Waals surface area contributed by atoms with Gasteiger partial charge in [0.15, 0.2) is 16.6 Å². The summed E-state index contributed by atoms with van der Waals surface area (Å²) in [5, 5.41) is 7.66. The molecule has 0 heterocycles. The maximum Gasteiger partial charge on any atom is 0.343 e. The Hall–Kier alpha value is -2.64. The zero-order valence-electron chi connectivity index (χ0n) is 13.6. The normalized spacial score (nSPS) is 10.4. The predicted octanol–water partition coefficient (Wildman–Crippen LogP) is 3.00. The number of halogens is 1. The van der Waals surface area contributed by atoms with Crippen molar-refractivity contribution in [3.63, 3.8) is 0 Å². The number of rotatable bonds is 5. The largest absolute Gasteiger partial charge is 0.493 e. The number of ether oxygens (including phenoxy) is 2. The van der Waals surface area contributed by atoms with Gasteiger partial charge in [0.25, 0.3) is 0 Å². The van der Waals surface area contributed by atoms with Crippen molar-refractivity contribution in [1.82, 2.24) is 10.7 Å². The smallest absolute Gasteiger partial charge is 0.343 e. The van der Waals surface area contributed by atoms with Crippen LogP contribution in [0.2, 0.25) is 5.02 Å². The van der Waals surface area contributed by atoms with Gasteiger partial charge in [-0.05, 0) is 60.2 Å². The second-order valence-electron chi connectivity index (χ2n) is 4.76. The van der Waals surface area contributed by atoms with Crippen LogP contribution in [-0.4, -0.2) is 31.5 Å². The molecule has 8 heteroatoms. The summed E-state index contributed by atoms with van der Waals surface area (Å²) in [6.45, 7) is 0. The fraction of sp³-hybridized carbons (Fsp3) is 0.118. The molecule has 0 saturated heterocycles. The molecule has 2 rings (SSSR count). The van der Waals surface area contributed by atoms with E-state index in [9.17, 15) is 4.79 Å². The maximum atomic E-state index is 12.2. The van der Waals surface area contributed by atoms with Gasteiger partial charge in [0.2, 0.25) is 0 Å². The Morgan fingerprint density at radius 2 is 1.92 bits per heavy atom. The van der Waals surface area contributed by atoms with Crippen LogP contribution >= 0.6 is 23.8 Å². The van der Waals surface area contributed by atoms with Gasteiger partial charge < -0.3 is 14.8 Å². The van der Waals surface area contributed by atoms with Crippen molar-refractivity contribution in [3.8, 4) is 11.5 Å². The standard InChI is InChI=1S/C17H16ClN3O3S/c1-19-17(25)21-20-10-11-3-8-14(15(9-11)23-2)24-16(22)12-4-6-13(18)7-5-12/h3-10H,1-2H3,(H2,19,21,25)/b20-10+. The zero-order valence-corrected chi connectivity index (χ0v) is 15.1. The fourth-order valence-corrected chi connectivity index (χ4v) is 1.99. The number of nitrogens with one attached hydrogen (secondary N) is 2. The highest BCUT2D eigenvalue weighted by Crippen LogP contribution is 2.28. The summed E-state index contributed by atoms with van der Waals surface area (Å²) in [6, 6.07) is 11.5. The number of carbonyl (C=O) groups excluding carboxylic acids is 1. The predicted molar refractivity (Wildman–Crippen MR) is 102 cm³/mol. The molecule has 0 unspecified atom stereocenters. The monoisotopic (exact) mass is 377 g/mol. The van der Waals surface area contributed by atoms with E-state index >= 15 is 0 Å². The molecule has 6 nitrogen and oxygen atoms in total. The van der Waals surface area contributed by atoms with Crippen LogP contribution in [0.4, 0.5) is 0 Å². The van der Waals surface area contributed by atoms with Gasteiger partial charge in [-0.1, -0.05) is 11.6 Å². The Labute approximate surface area is 155 Å². The minimum Gasteiger partial charge on any atom is -0.493 e. The van der Waals surface area contributed by atoms with Gasteiger partial charge in [-0.25, -0.2) is 4.79 Å². The molecule has 0 atom stereocenters. The Bertz CT molecular complexity index is 794. The first-order chi connectivity index (χ1) is 12.0. The van der Waals surface area contributed by atoms with E-state index in [2.05, 4.69) is 15.8 Å². The third-order valence-corrected chi connectivity index (χ3v) is 3.62. The minimum atomic E-state index is -0.502. The second-order valence-corrected chi connectivity index (χ2v) is 5.60. The fourth-order valence-electron chi connectivity index (χ4n) is 1.81. The first-order valence-electron chi connectivity index (χ1n) is 7.20. The number of nitrogens with zero attached hydrogens (tertiary/aromatic N) is 1. The van der Waals surface area contributed by atoms with Gasteiger partial charge in [0.05, 0.1) is 18.9 Å². The van der Waals surface area contributed by atoms with Crippen LogP contribution in [0.25, 0.3) is 0 Å². The lowest BCUT2D eigenvalue weighted by molar-refractivity contribution is 0.0729. The number of thiocarbonyl (C=S) groups is 1. The van der Waals surface area contributed by atoms with E-state index < -0.39 is 5.97 Å². The van der Waals surface area contributed by atoms with E-state index in [1.54, 1.807) is 55.7 Å². The summed E-state index contributed by atoms with van der Waals surface area (Å²) in [4.78, 5) is 12.2. The molecule has 0 aliphatic heterocycles. The van der Waals surface area contributed by atoms with Crippen LogP contribution in [-0.2, 0) is 0 Å². The number of benzene rings is 2. The quantitative estimate of drug-likeness (QED) is 0.274. The van der Waals surface area contributed by atoms with Crippen LogP contribution in [0.1, 0.15) is 15.9 Å². The van der Waals surface area contributed by atoms with Crippen molar-refractivity contribution < 1.29 is 14.3 Å². The molecular weight excluding hydrogens is 362 g/mol. The lowest BCUT2D eigenvalue weighted by Gasteiger charge is -2.10. The van der Waals surface area contributed by atoms with Crippen molar-refractivity contribution in [3.05, 3.63) is 58.6 Å². The van der Waals surface area contributed by atoms with Crippen LogP contribution in [0.15, 0.2) is 47.6 Å². The lowest BCUT2D eigenvalue weighted by Crippen LogP contribution is -2.28. The number of hydrogen-bond donors (Lipinski definition) is 2. The molecule has 0 aliphatic carbocycles. The summed E-state index contributed by atoms with van der Waals surface area (Å²) >= 11 is 10.7. The van der Waals surface area contributed by atoms with Gasteiger partial charge in [-0.3, -0.25) is 5.43 Å². The molecular formula is C17H16ClN3O3S. The number of hydrazone groups is 1. The van der Waals surface area contributed by atoms with Crippen molar-refractivity contribution in [2.45, 2.75) is 0 Å². The van der Waals surface area contributed by atoms with Gasteiger partial charge in [0.1, 0.15) is 0 Å². The molecule has 0 amide bonds. The van der Waals surface area contributed by atoms with Crippen LogP contribution in [0, 0.1) is 0 Å². The average molecular weight is 378 g/mol. The highest BCUT2D eigenvalue weighted by Gasteiger charge is 2.12. The molecule has 0 aliphatic rings.